The standard InChI is InChI=1S/C19H32N2O6/c1-17(2)7-12(21-14(22)13-9-26-16(24)27-13)8-19(5,10-17)11-20-15(23)18(3,4)25-6/h12-13H,7-11H2,1-6H3,(H,20,23)(H,21,22). The van der Waals surface area contributed by atoms with Crippen LogP contribution in [0.3, 0.4) is 0 Å². The molecule has 2 aliphatic rings. The van der Waals surface area contributed by atoms with Crippen LogP contribution in [0.1, 0.15) is 53.9 Å². The normalized spacial score (nSPS) is 30.2. The van der Waals surface area contributed by atoms with Crippen LogP contribution in [-0.4, -0.2) is 56.0 Å². The van der Waals surface area contributed by atoms with Crippen molar-refractivity contribution in [2.45, 2.75) is 71.6 Å². The average molecular weight is 384 g/mol. The van der Waals surface area contributed by atoms with Crippen LogP contribution in [-0.2, 0) is 23.8 Å². The van der Waals surface area contributed by atoms with Crippen LogP contribution in [0.5, 0.6) is 0 Å². The maximum Gasteiger partial charge on any atom is 0.509 e. The van der Waals surface area contributed by atoms with Gasteiger partial charge in [0.25, 0.3) is 11.8 Å². The lowest BCUT2D eigenvalue weighted by Crippen LogP contribution is -2.53. The average Bonchev–Trinajstić information content (AvgIpc) is 2.97. The number of amides is 2. The van der Waals surface area contributed by atoms with Crippen molar-refractivity contribution < 1.29 is 28.6 Å². The van der Waals surface area contributed by atoms with Crippen molar-refractivity contribution in [1.29, 1.82) is 0 Å². The van der Waals surface area contributed by atoms with Crippen LogP contribution < -0.4 is 10.6 Å². The van der Waals surface area contributed by atoms with Crippen LogP contribution in [0.2, 0.25) is 0 Å². The van der Waals surface area contributed by atoms with E-state index in [2.05, 4.69) is 36.1 Å². The Morgan fingerprint density at radius 2 is 1.93 bits per heavy atom. The van der Waals surface area contributed by atoms with Crippen LogP contribution in [0, 0.1) is 10.8 Å². The first-order valence-electron chi connectivity index (χ1n) is 9.33. The van der Waals surface area contributed by atoms with Gasteiger partial charge in [-0.1, -0.05) is 20.8 Å². The van der Waals surface area contributed by atoms with Gasteiger partial charge >= 0.3 is 6.16 Å². The number of carbonyl (C=O) groups is 3. The molecule has 0 bridgehead atoms. The van der Waals surface area contributed by atoms with E-state index in [-0.39, 0.29) is 35.3 Å². The molecule has 27 heavy (non-hydrogen) atoms. The Labute approximate surface area is 160 Å². The number of hydrogen-bond donors (Lipinski definition) is 2. The molecule has 1 saturated carbocycles. The van der Waals surface area contributed by atoms with Crippen molar-refractivity contribution in [3.8, 4) is 0 Å². The number of methoxy groups -OCH3 is 1. The summed E-state index contributed by atoms with van der Waals surface area (Å²) >= 11 is 0. The van der Waals surface area contributed by atoms with Crippen molar-refractivity contribution in [2.75, 3.05) is 20.3 Å². The summed E-state index contributed by atoms with van der Waals surface area (Å²) < 4.78 is 14.8. The molecule has 8 heteroatoms. The first kappa shape index (κ1) is 21.5. The zero-order valence-corrected chi connectivity index (χ0v) is 17.1. The molecule has 0 aromatic rings. The Balaban J connectivity index is 1.99. The van der Waals surface area contributed by atoms with Crippen LogP contribution in [0.15, 0.2) is 0 Å². The van der Waals surface area contributed by atoms with E-state index in [1.54, 1.807) is 13.8 Å². The number of carbonyl (C=O) groups excluding carboxylic acids is 3. The number of rotatable bonds is 6. The van der Waals surface area contributed by atoms with Gasteiger partial charge in [-0.3, -0.25) is 9.59 Å². The molecule has 154 valence electrons. The maximum absolute atomic E-state index is 12.4. The zero-order chi connectivity index (χ0) is 20.5. The van der Waals surface area contributed by atoms with Gasteiger partial charge in [0.05, 0.1) is 0 Å². The Kier molecular flexibility index (Phi) is 6.09. The predicted octanol–water partition coefficient (Wildman–Crippen LogP) is 1.76. The van der Waals surface area contributed by atoms with Gasteiger partial charge in [0, 0.05) is 19.7 Å². The van der Waals surface area contributed by atoms with Crippen molar-refractivity contribution in [3.63, 3.8) is 0 Å². The minimum absolute atomic E-state index is 0.00466. The summed E-state index contributed by atoms with van der Waals surface area (Å²) in [4.78, 5) is 35.7. The minimum atomic E-state index is -0.893. The molecular formula is C19H32N2O6. The third-order valence-corrected chi connectivity index (χ3v) is 5.41. The highest BCUT2D eigenvalue weighted by Crippen LogP contribution is 2.45. The molecule has 2 fully saturated rings. The number of hydrogen-bond acceptors (Lipinski definition) is 6. The Hall–Kier alpha value is -1.83. The van der Waals surface area contributed by atoms with E-state index >= 15 is 0 Å². The molecular weight excluding hydrogens is 352 g/mol. The van der Waals surface area contributed by atoms with Crippen LogP contribution in [0.25, 0.3) is 0 Å². The van der Waals surface area contributed by atoms with Crippen molar-refractivity contribution in [2.24, 2.45) is 10.8 Å². The molecule has 1 aliphatic carbocycles. The topological polar surface area (TPSA) is 103 Å². The summed E-state index contributed by atoms with van der Waals surface area (Å²) in [7, 11) is 1.51. The predicted molar refractivity (Wildman–Crippen MR) is 98.0 cm³/mol. The minimum Gasteiger partial charge on any atom is -0.430 e. The largest absolute Gasteiger partial charge is 0.509 e. The van der Waals surface area contributed by atoms with E-state index in [4.69, 9.17) is 9.47 Å². The number of cyclic esters (lactones) is 2. The fourth-order valence-electron chi connectivity index (χ4n) is 4.22. The number of ether oxygens (including phenoxy) is 3. The molecule has 1 saturated heterocycles. The number of nitrogens with one attached hydrogen (secondary N) is 2. The molecule has 0 radical (unpaired) electrons. The molecule has 0 spiro atoms. The van der Waals surface area contributed by atoms with E-state index in [0.29, 0.717) is 6.54 Å². The van der Waals surface area contributed by atoms with Crippen molar-refractivity contribution in [1.82, 2.24) is 10.6 Å². The lowest BCUT2D eigenvalue weighted by molar-refractivity contribution is -0.140. The summed E-state index contributed by atoms with van der Waals surface area (Å²) in [5, 5.41) is 5.98. The maximum atomic E-state index is 12.4. The SMILES string of the molecule is COC(C)(C)C(=O)NCC1(C)CC(NC(=O)C2COC(=O)O2)CC(C)(C)C1. The first-order valence-corrected chi connectivity index (χ1v) is 9.33. The Bertz CT molecular complexity index is 603. The molecule has 1 aliphatic heterocycles. The molecule has 3 unspecified atom stereocenters. The molecule has 0 aromatic heterocycles. The Morgan fingerprint density at radius 1 is 1.26 bits per heavy atom. The van der Waals surface area contributed by atoms with E-state index in [0.717, 1.165) is 19.3 Å². The second-order valence-corrected chi connectivity index (χ2v) is 9.33. The van der Waals surface area contributed by atoms with Gasteiger partial charge < -0.3 is 24.8 Å². The van der Waals surface area contributed by atoms with Crippen LogP contribution in [0.4, 0.5) is 4.79 Å². The van der Waals surface area contributed by atoms with E-state index < -0.39 is 17.9 Å². The summed E-state index contributed by atoms with van der Waals surface area (Å²) in [6, 6.07) is -0.0714. The zero-order valence-electron chi connectivity index (χ0n) is 17.1. The second-order valence-electron chi connectivity index (χ2n) is 9.33. The fourth-order valence-corrected chi connectivity index (χ4v) is 4.22. The highest BCUT2D eigenvalue weighted by atomic mass is 16.8. The van der Waals surface area contributed by atoms with E-state index in [1.165, 1.54) is 7.11 Å². The van der Waals surface area contributed by atoms with Gasteiger partial charge in [-0.25, -0.2) is 4.79 Å². The van der Waals surface area contributed by atoms with Crippen LogP contribution >= 0.6 is 0 Å². The second kappa shape index (κ2) is 7.66. The Morgan fingerprint density at radius 3 is 2.48 bits per heavy atom. The molecule has 3 atom stereocenters. The molecule has 2 amide bonds. The molecule has 2 rings (SSSR count). The van der Waals surface area contributed by atoms with Gasteiger partial charge in [-0.05, 0) is 43.9 Å². The van der Waals surface area contributed by atoms with Crippen molar-refractivity contribution >= 4 is 18.0 Å². The van der Waals surface area contributed by atoms with Crippen molar-refractivity contribution in [3.05, 3.63) is 0 Å². The third kappa shape index (κ3) is 5.57. The van der Waals surface area contributed by atoms with Gasteiger partial charge in [0.2, 0.25) is 6.10 Å². The highest BCUT2D eigenvalue weighted by molar-refractivity contribution is 5.85. The smallest absolute Gasteiger partial charge is 0.430 e. The summed E-state index contributed by atoms with van der Waals surface area (Å²) in [5.74, 6) is -0.499. The molecule has 0 aromatic carbocycles. The van der Waals surface area contributed by atoms with Gasteiger partial charge in [0.1, 0.15) is 12.2 Å². The van der Waals surface area contributed by atoms with E-state index in [9.17, 15) is 14.4 Å². The summed E-state index contributed by atoms with van der Waals surface area (Å²) in [5.41, 5.74) is -1.07. The quantitative estimate of drug-likeness (QED) is 0.677. The lowest BCUT2D eigenvalue weighted by atomic mass is 9.62. The third-order valence-electron chi connectivity index (χ3n) is 5.41. The molecule has 1 heterocycles. The monoisotopic (exact) mass is 384 g/mol. The van der Waals surface area contributed by atoms with E-state index in [1.807, 2.05) is 0 Å². The summed E-state index contributed by atoms with van der Waals surface area (Å²) in [6.45, 7) is 10.3. The first-order chi connectivity index (χ1) is 12.4. The van der Waals surface area contributed by atoms with Gasteiger partial charge in [0.15, 0.2) is 0 Å². The molecule has 2 N–H and O–H groups in total. The fraction of sp³-hybridized carbons (Fsp3) is 0.842. The lowest BCUT2D eigenvalue weighted by Gasteiger charge is -2.47. The summed E-state index contributed by atoms with van der Waals surface area (Å²) in [6.07, 6.45) is 0.746. The molecule has 8 nitrogen and oxygen atoms in total. The highest BCUT2D eigenvalue weighted by Gasteiger charge is 2.43. The van der Waals surface area contributed by atoms with Gasteiger partial charge in [-0.15, -0.1) is 0 Å². The van der Waals surface area contributed by atoms with Gasteiger partial charge in [-0.2, -0.15) is 0 Å².